The van der Waals surface area contributed by atoms with E-state index in [0.29, 0.717) is 0 Å². The van der Waals surface area contributed by atoms with Crippen LogP contribution in [0.4, 0.5) is 5.69 Å². The van der Waals surface area contributed by atoms with Gasteiger partial charge in [-0.1, -0.05) is 17.7 Å². The number of hydrazone groups is 1. The first kappa shape index (κ1) is 13.6. The largest absolute Gasteiger partial charge is 0.467 e. The van der Waals surface area contributed by atoms with Crippen molar-refractivity contribution in [2.24, 2.45) is 5.10 Å². The second-order valence-electron chi connectivity index (χ2n) is 5.08. The van der Waals surface area contributed by atoms with E-state index in [1.807, 2.05) is 41.4 Å². The van der Waals surface area contributed by atoms with Gasteiger partial charge in [0.2, 0.25) is 0 Å². The Morgan fingerprint density at radius 1 is 1.14 bits per heavy atom. The van der Waals surface area contributed by atoms with Crippen LogP contribution in [0, 0.1) is 0 Å². The fraction of sp³-hybridized carbons (Fsp3) is 0.118. The van der Waals surface area contributed by atoms with Crippen LogP contribution in [0.15, 0.2) is 69.7 Å². The predicted octanol–water partition coefficient (Wildman–Crippen LogP) is 5.35. The molecule has 22 heavy (non-hydrogen) atoms. The molecule has 0 aliphatic carbocycles. The fourth-order valence-corrected chi connectivity index (χ4v) is 3.48. The first-order valence-electron chi connectivity index (χ1n) is 7.01. The summed E-state index contributed by atoms with van der Waals surface area (Å²) in [5.74, 6) is 0.922. The second-order valence-corrected chi connectivity index (χ2v) is 6.46. The molecule has 0 radical (unpaired) electrons. The maximum absolute atomic E-state index is 5.99. The van der Waals surface area contributed by atoms with E-state index in [4.69, 9.17) is 21.1 Å². The molecule has 3 aromatic rings. The molecule has 1 atom stereocenters. The predicted molar refractivity (Wildman–Crippen MR) is 90.9 cm³/mol. The van der Waals surface area contributed by atoms with Crippen LogP contribution in [0.1, 0.15) is 23.1 Å². The third-order valence-electron chi connectivity index (χ3n) is 3.68. The normalized spacial score (nSPS) is 17.8. The Hall–Kier alpha value is -2.04. The van der Waals surface area contributed by atoms with Crippen molar-refractivity contribution in [1.82, 2.24) is 0 Å². The monoisotopic (exact) mass is 328 g/mol. The smallest absolute Gasteiger partial charge is 0.128 e. The molecule has 0 saturated carbocycles. The molecule has 0 N–H and O–H groups in total. The number of thiophene rings is 1. The summed E-state index contributed by atoms with van der Waals surface area (Å²) in [4.78, 5) is 1.20. The van der Waals surface area contributed by atoms with Gasteiger partial charge in [-0.05, 0) is 47.8 Å². The SMILES string of the molecule is Clc1ccc(N2N=C(c3cccs3)C[C@H]2c2ccco2)cc1. The lowest BCUT2D eigenvalue weighted by Crippen LogP contribution is -2.17. The maximum atomic E-state index is 5.99. The van der Waals surface area contributed by atoms with Crippen LogP contribution in [-0.2, 0) is 0 Å². The lowest BCUT2D eigenvalue weighted by Gasteiger charge is -2.21. The summed E-state index contributed by atoms with van der Waals surface area (Å²) in [6.45, 7) is 0. The summed E-state index contributed by atoms with van der Waals surface area (Å²) in [5.41, 5.74) is 2.10. The van der Waals surface area contributed by atoms with Crippen molar-refractivity contribution in [1.29, 1.82) is 0 Å². The number of hydrogen-bond acceptors (Lipinski definition) is 4. The van der Waals surface area contributed by atoms with Crippen molar-refractivity contribution in [3.8, 4) is 0 Å². The number of furan rings is 1. The van der Waals surface area contributed by atoms with Crippen LogP contribution < -0.4 is 5.01 Å². The van der Waals surface area contributed by atoms with Gasteiger partial charge in [-0.15, -0.1) is 11.3 Å². The molecule has 110 valence electrons. The van der Waals surface area contributed by atoms with Crippen LogP contribution in [0.5, 0.6) is 0 Å². The van der Waals surface area contributed by atoms with Gasteiger partial charge < -0.3 is 4.42 Å². The maximum Gasteiger partial charge on any atom is 0.128 e. The number of benzene rings is 1. The Balaban J connectivity index is 1.74. The third kappa shape index (κ3) is 2.45. The summed E-state index contributed by atoms with van der Waals surface area (Å²) < 4.78 is 5.62. The molecule has 4 rings (SSSR count). The van der Waals surface area contributed by atoms with Crippen LogP contribution in [0.3, 0.4) is 0 Å². The van der Waals surface area contributed by atoms with Gasteiger partial charge in [-0.3, -0.25) is 5.01 Å². The highest BCUT2D eigenvalue weighted by molar-refractivity contribution is 7.12. The Kier molecular flexibility index (Phi) is 3.48. The highest BCUT2D eigenvalue weighted by Gasteiger charge is 2.32. The van der Waals surface area contributed by atoms with Crippen molar-refractivity contribution in [2.75, 3.05) is 5.01 Å². The van der Waals surface area contributed by atoms with Crippen molar-refractivity contribution in [2.45, 2.75) is 12.5 Å². The molecule has 0 bridgehead atoms. The van der Waals surface area contributed by atoms with E-state index in [1.54, 1.807) is 17.6 Å². The molecular weight excluding hydrogens is 316 g/mol. The fourth-order valence-electron chi connectivity index (χ4n) is 2.64. The summed E-state index contributed by atoms with van der Waals surface area (Å²) >= 11 is 7.70. The van der Waals surface area contributed by atoms with Crippen molar-refractivity contribution >= 4 is 34.3 Å². The number of halogens is 1. The average Bonchev–Trinajstić information content (AvgIpc) is 3.27. The molecule has 1 aliphatic rings. The van der Waals surface area contributed by atoms with Crippen LogP contribution in [0.2, 0.25) is 5.02 Å². The zero-order valence-corrected chi connectivity index (χ0v) is 13.2. The molecule has 0 amide bonds. The van der Waals surface area contributed by atoms with Gasteiger partial charge in [0.1, 0.15) is 11.8 Å². The van der Waals surface area contributed by atoms with Gasteiger partial charge in [-0.2, -0.15) is 5.10 Å². The molecule has 5 heteroatoms. The first-order chi connectivity index (χ1) is 10.8. The van der Waals surface area contributed by atoms with Crippen molar-refractivity contribution in [3.05, 3.63) is 75.8 Å². The zero-order chi connectivity index (χ0) is 14.9. The van der Waals surface area contributed by atoms with Gasteiger partial charge in [0.15, 0.2) is 0 Å². The van der Waals surface area contributed by atoms with Gasteiger partial charge in [0.25, 0.3) is 0 Å². The second kappa shape index (κ2) is 5.63. The molecule has 0 fully saturated rings. The molecule has 3 heterocycles. The molecule has 1 aliphatic heterocycles. The van der Waals surface area contributed by atoms with Gasteiger partial charge in [-0.25, -0.2) is 0 Å². The number of nitrogens with zero attached hydrogens (tertiary/aromatic N) is 2. The van der Waals surface area contributed by atoms with E-state index >= 15 is 0 Å². The summed E-state index contributed by atoms with van der Waals surface area (Å²) in [5, 5.41) is 9.64. The number of anilines is 1. The molecular formula is C17H13ClN2OS. The zero-order valence-electron chi connectivity index (χ0n) is 11.6. The lowest BCUT2D eigenvalue weighted by atomic mass is 10.1. The van der Waals surface area contributed by atoms with Gasteiger partial charge in [0, 0.05) is 11.4 Å². The Labute approximate surface area is 137 Å². The molecule has 0 unspecified atom stereocenters. The first-order valence-corrected chi connectivity index (χ1v) is 8.26. The molecule has 0 spiro atoms. The van der Waals surface area contributed by atoms with Gasteiger partial charge >= 0.3 is 0 Å². The summed E-state index contributed by atoms with van der Waals surface area (Å²) in [6.07, 6.45) is 2.54. The van der Waals surface area contributed by atoms with E-state index in [-0.39, 0.29) is 6.04 Å². The van der Waals surface area contributed by atoms with Crippen molar-refractivity contribution in [3.63, 3.8) is 0 Å². The minimum Gasteiger partial charge on any atom is -0.467 e. The Bertz CT molecular complexity index is 779. The van der Waals surface area contributed by atoms with E-state index in [9.17, 15) is 0 Å². The third-order valence-corrected chi connectivity index (χ3v) is 4.85. The quantitative estimate of drug-likeness (QED) is 0.648. The molecule has 3 nitrogen and oxygen atoms in total. The van der Waals surface area contributed by atoms with E-state index in [0.717, 1.165) is 28.6 Å². The van der Waals surface area contributed by atoms with Crippen molar-refractivity contribution < 1.29 is 4.42 Å². The molecule has 0 saturated heterocycles. The average molecular weight is 329 g/mol. The lowest BCUT2D eigenvalue weighted by molar-refractivity contribution is 0.465. The summed E-state index contributed by atoms with van der Waals surface area (Å²) in [6, 6.07) is 15.9. The van der Waals surface area contributed by atoms with E-state index in [1.165, 1.54) is 4.88 Å². The summed E-state index contributed by atoms with van der Waals surface area (Å²) in [7, 11) is 0. The highest BCUT2D eigenvalue weighted by Crippen LogP contribution is 2.37. The van der Waals surface area contributed by atoms with Gasteiger partial charge in [0.05, 0.1) is 22.5 Å². The molecule has 1 aromatic carbocycles. The highest BCUT2D eigenvalue weighted by atomic mass is 35.5. The van der Waals surface area contributed by atoms with Crippen LogP contribution in [0.25, 0.3) is 0 Å². The topological polar surface area (TPSA) is 28.7 Å². The van der Waals surface area contributed by atoms with E-state index in [2.05, 4.69) is 17.5 Å². The minimum absolute atomic E-state index is 0.0771. The number of hydrogen-bond donors (Lipinski definition) is 0. The number of rotatable bonds is 3. The minimum atomic E-state index is 0.0771. The molecule has 2 aromatic heterocycles. The van der Waals surface area contributed by atoms with E-state index < -0.39 is 0 Å². The Morgan fingerprint density at radius 2 is 2.00 bits per heavy atom. The standard InChI is InChI=1S/C17H13ClN2OS/c18-12-5-7-13(8-6-12)20-15(16-3-1-9-21-16)11-14(19-20)17-4-2-10-22-17/h1-10,15H,11H2/t15-/m0/s1. The van der Waals surface area contributed by atoms with Crippen LogP contribution >= 0.6 is 22.9 Å². The van der Waals surface area contributed by atoms with Crippen LogP contribution in [-0.4, -0.2) is 5.71 Å². The Morgan fingerprint density at radius 3 is 2.68 bits per heavy atom.